The van der Waals surface area contributed by atoms with Gasteiger partial charge in [-0.1, -0.05) is 6.07 Å². The molecule has 2 aromatic heterocycles. The van der Waals surface area contributed by atoms with Crippen molar-refractivity contribution >= 4 is 24.2 Å². The topological polar surface area (TPSA) is 115 Å². The van der Waals surface area contributed by atoms with Gasteiger partial charge in [-0.2, -0.15) is 5.10 Å². The molecule has 2 bridgehead atoms. The lowest BCUT2D eigenvalue weighted by Crippen LogP contribution is -2.54. The molecule has 0 unspecified atom stereocenters. The molecule has 9 nitrogen and oxygen atoms in total. The summed E-state index contributed by atoms with van der Waals surface area (Å²) < 4.78 is 3.50. The van der Waals surface area contributed by atoms with Crippen LogP contribution >= 0.6 is 12.4 Å². The molecule has 4 rings (SSSR count). The van der Waals surface area contributed by atoms with Gasteiger partial charge in [0.2, 0.25) is 5.91 Å². The number of likely N-dealkylation sites (tertiary alicyclic amines) is 1. The van der Waals surface area contributed by atoms with E-state index in [-0.39, 0.29) is 54.2 Å². The second-order valence-corrected chi connectivity index (χ2v) is 7.72. The number of nitrogens with zero attached hydrogens (tertiary/aromatic N) is 4. The van der Waals surface area contributed by atoms with Crippen LogP contribution in [0, 0.1) is 5.92 Å². The summed E-state index contributed by atoms with van der Waals surface area (Å²) in [6.45, 7) is 4.05. The standard InChI is InChI=1S/C20H26N6O3.ClH/c1-2-25-12-15(8-23-25)20(29)22-9-17-14-6-13(10-24(11-14)19(28)7-21)16-4-3-5-18(27)26(16)17;/h3-5,8,12-14,17H,2,6-7,9-11,21H2,1H3,(H,22,29);1H/t13-,14+,17+;/m1./s1. The van der Waals surface area contributed by atoms with E-state index in [9.17, 15) is 14.4 Å². The van der Waals surface area contributed by atoms with Crippen molar-refractivity contribution < 1.29 is 9.59 Å². The molecule has 0 aliphatic carbocycles. The number of pyridine rings is 1. The molecule has 2 aliphatic heterocycles. The minimum absolute atomic E-state index is 0. The average molecular weight is 435 g/mol. The fraction of sp³-hybridized carbons (Fsp3) is 0.500. The number of nitrogens with one attached hydrogen (secondary N) is 1. The Balaban J connectivity index is 0.00000256. The first-order chi connectivity index (χ1) is 14.0. The highest BCUT2D eigenvalue weighted by Crippen LogP contribution is 2.40. The zero-order valence-corrected chi connectivity index (χ0v) is 17.7. The molecular weight excluding hydrogens is 408 g/mol. The van der Waals surface area contributed by atoms with Crippen molar-refractivity contribution in [3.05, 3.63) is 52.2 Å². The summed E-state index contributed by atoms with van der Waals surface area (Å²) in [6, 6.07) is 5.03. The van der Waals surface area contributed by atoms with Crippen LogP contribution in [0.2, 0.25) is 0 Å². The van der Waals surface area contributed by atoms with Gasteiger partial charge in [0, 0.05) is 50.1 Å². The summed E-state index contributed by atoms with van der Waals surface area (Å²) in [6.07, 6.45) is 4.12. The van der Waals surface area contributed by atoms with E-state index in [1.165, 1.54) is 6.20 Å². The number of hydrogen-bond donors (Lipinski definition) is 2. The average Bonchev–Trinajstić information content (AvgIpc) is 3.22. The predicted octanol–water partition coefficient (Wildman–Crippen LogP) is 0.362. The van der Waals surface area contributed by atoms with Crippen LogP contribution in [0.4, 0.5) is 0 Å². The molecule has 1 fully saturated rings. The summed E-state index contributed by atoms with van der Waals surface area (Å²) in [4.78, 5) is 39.3. The van der Waals surface area contributed by atoms with E-state index < -0.39 is 0 Å². The smallest absolute Gasteiger partial charge is 0.254 e. The number of aromatic nitrogens is 3. The molecule has 2 aliphatic rings. The summed E-state index contributed by atoms with van der Waals surface area (Å²) >= 11 is 0. The number of amides is 2. The Morgan fingerprint density at radius 3 is 2.80 bits per heavy atom. The van der Waals surface area contributed by atoms with Gasteiger partial charge in [0.1, 0.15) is 0 Å². The molecule has 0 aromatic carbocycles. The fourth-order valence-electron chi connectivity index (χ4n) is 4.59. The lowest BCUT2D eigenvalue weighted by Gasteiger charge is -2.47. The van der Waals surface area contributed by atoms with Crippen molar-refractivity contribution in [1.82, 2.24) is 24.6 Å². The highest BCUT2D eigenvalue weighted by molar-refractivity contribution is 5.93. The van der Waals surface area contributed by atoms with Gasteiger partial charge in [-0.25, -0.2) is 0 Å². The minimum Gasteiger partial charge on any atom is -0.350 e. The number of hydrogen-bond acceptors (Lipinski definition) is 5. The van der Waals surface area contributed by atoms with Crippen LogP contribution < -0.4 is 16.6 Å². The van der Waals surface area contributed by atoms with Gasteiger partial charge in [-0.05, 0) is 25.3 Å². The van der Waals surface area contributed by atoms with Gasteiger partial charge in [0.05, 0.1) is 24.3 Å². The van der Waals surface area contributed by atoms with Crippen LogP contribution in [0.3, 0.4) is 0 Å². The predicted molar refractivity (Wildman–Crippen MR) is 114 cm³/mol. The van der Waals surface area contributed by atoms with Gasteiger partial charge in [0.15, 0.2) is 0 Å². The number of carbonyl (C=O) groups excluding carboxylic acids is 2. The van der Waals surface area contributed by atoms with Crippen molar-refractivity contribution in [3.8, 4) is 0 Å². The van der Waals surface area contributed by atoms with E-state index in [0.717, 1.165) is 12.1 Å². The number of rotatable bonds is 5. The Bertz CT molecular complexity index is 987. The largest absolute Gasteiger partial charge is 0.350 e. The van der Waals surface area contributed by atoms with Crippen LogP contribution in [-0.2, 0) is 11.3 Å². The third-order valence-electron chi connectivity index (χ3n) is 6.02. The highest BCUT2D eigenvalue weighted by Gasteiger charge is 2.41. The van der Waals surface area contributed by atoms with E-state index in [0.29, 0.717) is 31.7 Å². The summed E-state index contributed by atoms with van der Waals surface area (Å²) in [5, 5.41) is 7.09. The molecule has 2 aromatic rings. The first kappa shape index (κ1) is 22.0. The minimum atomic E-state index is -0.219. The summed E-state index contributed by atoms with van der Waals surface area (Å²) in [7, 11) is 0. The third kappa shape index (κ3) is 3.99. The van der Waals surface area contributed by atoms with Crippen molar-refractivity contribution in [2.24, 2.45) is 11.7 Å². The van der Waals surface area contributed by atoms with Gasteiger partial charge in [0.25, 0.3) is 11.5 Å². The maximum Gasteiger partial charge on any atom is 0.254 e. The molecule has 0 radical (unpaired) electrons. The SMILES string of the molecule is CCn1cc(C(=O)NC[C@H]2[C@H]3C[C@H](CN(C(=O)CN)C3)c3cccc(=O)n32)cn1.Cl. The Labute approximate surface area is 180 Å². The van der Waals surface area contributed by atoms with Crippen molar-refractivity contribution in [2.75, 3.05) is 26.2 Å². The van der Waals surface area contributed by atoms with Gasteiger partial charge in [-0.3, -0.25) is 19.1 Å². The second-order valence-electron chi connectivity index (χ2n) is 7.72. The number of aryl methyl sites for hydroxylation is 1. The van der Waals surface area contributed by atoms with E-state index in [2.05, 4.69) is 10.4 Å². The summed E-state index contributed by atoms with van der Waals surface area (Å²) in [5.74, 6) is -0.118. The Kier molecular flexibility index (Phi) is 6.62. The van der Waals surface area contributed by atoms with Crippen LogP contribution in [0.25, 0.3) is 0 Å². The molecule has 162 valence electrons. The molecule has 1 saturated heterocycles. The van der Waals surface area contributed by atoms with Crippen LogP contribution in [0.5, 0.6) is 0 Å². The van der Waals surface area contributed by atoms with Crippen LogP contribution in [-0.4, -0.2) is 57.2 Å². The number of fused-ring (bicyclic) bond motifs is 4. The van der Waals surface area contributed by atoms with Crippen molar-refractivity contribution in [3.63, 3.8) is 0 Å². The number of halogens is 1. The number of carbonyl (C=O) groups is 2. The summed E-state index contributed by atoms with van der Waals surface area (Å²) in [5.41, 5.74) is 6.90. The lowest BCUT2D eigenvalue weighted by atomic mass is 9.78. The zero-order chi connectivity index (χ0) is 20.5. The van der Waals surface area contributed by atoms with Gasteiger partial charge < -0.3 is 20.5 Å². The van der Waals surface area contributed by atoms with Crippen molar-refractivity contribution in [2.45, 2.75) is 31.8 Å². The highest BCUT2D eigenvalue weighted by atomic mass is 35.5. The van der Waals surface area contributed by atoms with Gasteiger partial charge in [-0.15, -0.1) is 12.4 Å². The lowest BCUT2D eigenvalue weighted by molar-refractivity contribution is -0.132. The number of nitrogens with two attached hydrogens (primary N) is 1. The van der Waals surface area contributed by atoms with Crippen LogP contribution in [0.15, 0.2) is 35.4 Å². The monoisotopic (exact) mass is 434 g/mol. The number of piperidine rings is 1. The second kappa shape index (κ2) is 9.01. The molecule has 0 saturated carbocycles. The third-order valence-corrected chi connectivity index (χ3v) is 6.02. The van der Waals surface area contributed by atoms with E-state index in [1.807, 2.05) is 13.0 Å². The van der Waals surface area contributed by atoms with Crippen LogP contribution in [0.1, 0.15) is 41.4 Å². The zero-order valence-electron chi connectivity index (χ0n) is 16.9. The maximum absolute atomic E-state index is 12.7. The molecular formula is C20H27ClN6O3. The first-order valence-electron chi connectivity index (χ1n) is 10.0. The van der Waals surface area contributed by atoms with E-state index in [1.54, 1.807) is 32.5 Å². The van der Waals surface area contributed by atoms with E-state index in [4.69, 9.17) is 5.73 Å². The Morgan fingerprint density at radius 2 is 2.10 bits per heavy atom. The first-order valence-corrected chi connectivity index (χ1v) is 10.0. The maximum atomic E-state index is 12.7. The van der Waals surface area contributed by atoms with Crippen molar-refractivity contribution in [1.29, 1.82) is 0 Å². The molecule has 3 N–H and O–H groups in total. The normalized spacial score (nSPS) is 22.1. The van der Waals surface area contributed by atoms with Gasteiger partial charge >= 0.3 is 0 Å². The molecule has 3 atom stereocenters. The molecule has 4 heterocycles. The molecule has 0 spiro atoms. The Hall–Kier alpha value is -2.65. The quantitative estimate of drug-likeness (QED) is 0.705. The molecule has 2 amide bonds. The van der Waals surface area contributed by atoms with E-state index >= 15 is 0 Å². The Morgan fingerprint density at radius 1 is 1.30 bits per heavy atom. The fourth-order valence-corrected chi connectivity index (χ4v) is 4.59. The molecule has 10 heteroatoms. The molecule has 30 heavy (non-hydrogen) atoms.